The van der Waals surface area contributed by atoms with Gasteiger partial charge in [0.25, 0.3) is 0 Å². The molecule has 0 heterocycles. The predicted molar refractivity (Wildman–Crippen MR) is 106 cm³/mol. The monoisotopic (exact) mass is 395 g/mol. The zero-order chi connectivity index (χ0) is 18.9. The molecule has 0 radical (unpaired) electrons. The van der Waals surface area contributed by atoms with Gasteiger partial charge in [0.15, 0.2) is 11.5 Å². The van der Waals surface area contributed by atoms with Crippen molar-refractivity contribution in [3.8, 4) is 11.5 Å². The van der Waals surface area contributed by atoms with Crippen LogP contribution in [0.2, 0.25) is 10.0 Å². The van der Waals surface area contributed by atoms with E-state index in [0.29, 0.717) is 35.2 Å². The average molecular weight is 396 g/mol. The normalized spacial score (nSPS) is 10.5. The van der Waals surface area contributed by atoms with E-state index in [1.807, 2.05) is 24.3 Å². The van der Waals surface area contributed by atoms with Gasteiger partial charge in [0.2, 0.25) is 5.91 Å². The maximum atomic E-state index is 12.0. The Morgan fingerprint density at radius 2 is 1.62 bits per heavy atom. The topological polar surface area (TPSA) is 47.6 Å². The summed E-state index contributed by atoms with van der Waals surface area (Å²) in [4.78, 5) is 12.0. The number of aryl methyl sites for hydroxylation is 2. The van der Waals surface area contributed by atoms with Crippen LogP contribution in [0.25, 0.3) is 0 Å². The maximum absolute atomic E-state index is 12.0. The van der Waals surface area contributed by atoms with Crippen molar-refractivity contribution in [3.05, 3.63) is 57.6 Å². The van der Waals surface area contributed by atoms with E-state index in [9.17, 15) is 4.79 Å². The van der Waals surface area contributed by atoms with Gasteiger partial charge >= 0.3 is 0 Å². The number of hydrogen-bond acceptors (Lipinski definition) is 3. The fraction of sp³-hybridized carbons (Fsp3) is 0.350. The van der Waals surface area contributed by atoms with E-state index < -0.39 is 0 Å². The lowest BCUT2D eigenvalue weighted by molar-refractivity contribution is -0.121. The molecule has 1 amide bonds. The molecule has 0 aliphatic rings. The van der Waals surface area contributed by atoms with Gasteiger partial charge in [0, 0.05) is 13.0 Å². The summed E-state index contributed by atoms with van der Waals surface area (Å²) in [6, 6.07) is 11.3. The van der Waals surface area contributed by atoms with E-state index in [2.05, 4.69) is 5.32 Å². The van der Waals surface area contributed by atoms with Crippen LogP contribution in [-0.4, -0.2) is 26.7 Å². The molecule has 2 rings (SSSR count). The number of rotatable bonds is 9. The number of ether oxygens (including phenoxy) is 2. The first-order valence-electron chi connectivity index (χ1n) is 8.45. The van der Waals surface area contributed by atoms with Gasteiger partial charge in [-0.2, -0.15) is 0 Å². The Bertz CT molecular complexity index is 750. The van der Waals surface area contributed by atoms with E-state index in [1.54, 1.807) is 26.4 Å². The van der Waals surface area contributed by atoms with Gasteiger partial charge in [0.05, 0.1) is 24.3 Å². The van der Waals surface area contributed by atoms with Gasteiger partial charge < -0.3 is 14.8 Å². The standard InChI is InChI=1S/C20H23Cl2NO3/c1-25-18-9-6-14(13-19(18)26-2)4-3-11-23-20(24)10-7-15-5-8-16(21)17(22)12-15/h5-6,8-9,12-13H,3-4,7,10-11H2,1-2H3,(H,23,24). The second-order valence-electron chi connectivity index (χ2n) is 5.89. The van der Waals surface area contributed by atoms with E-state index in [0.717, 1.165) is 29.7 Å². The molecular weight excluding hydrogens is 373 g/mol. The van der Waals surface area contributed by atoms with Gasteiger partial charge in [-0.05, 0) is 54.7 Å². The number of carbonyl (C=O) groups excluding carboxylic acids is 1. The number of nitrogens with one attached hydrogen (secondary N) is 1. The first-order chi connectivity index (χ1) is 12.5. The molecule has 0 atom stereocenters. The Hall–Kier alpha value is -1.91. The first kappa shape index (κ1) is 20.4. The molecule has 0 bridgehead atoms. The van der Waals surface area contributed by atoms with Gasteiger partial charge in [0.1, 0.15) is 0 Å². The number of benzene rings is 2. The van der Waals surface area contributed by atoms with Crippen LogP contribution >= 0.6 is 23.2 Å². The third kappa shape index (κ3) is 6.11. The zero-order valence-corrected chi connectivity index (χ0v) is 16.5. The van der Waals surface area contributed by atoms with Crippen LogP contribution in [0, 0.1) is 0 Å². The van der Waals surface area contributed by atoms with Gasteiger partial charge in [-0.3, -0.25) is 4.79 Å². The minimum Gasteiger partial charge on any atom is -0.493 e. The molecule has 0 aliphatic heterocycles. The van der Waals surface area contributed by atoms with Gasteiger partial charge in [-0.15, -0.1) is 0 Å². The summed E-state index contributed by atoms with van der Waals surface area (Å²) in [5.41, 5.74) is 2.15. The molecule has 26 heavy (non-hydrogen) atoms. The largest absolute Gasteiger partial charge is 0.493 e. The Labute approximate surface area is 164 Å². The van der Waals surface area contributed by atoms with Crippen molar-refractivity contribution in [1.82, 2.24) is 5.32 Å². The average Bonchev–Trinajstić information content (AvgIpc) is 2.66. The third-order valence-corrected chi connectivity index (χ3v) is 4.78. The highest BCUT2D eigenvalue weighted by Crippen LogP contribution is 2.28. The molecule has 0 unspecified atom stereocenters. The summed E-state index contributed by atoms with van der Waals surface area (Å²) in [5.74, 6) is 1.46. The van der Waals surface area contributed by atoms with Gasteiger partial charge in [-0.25, -0.2) is 0 Å². The predicted octanol–water partition coefficient (Wildman–Crippen LogP) is 4.69. The number of carbonyl (C=O) groups is 1. The molecule has 140 valence electrons. The SMILES string of the molecule is COc1ccc(CCCNC(=O)CCc2ccc(Cl)c(Cl)c2)cc1OC. The van der Waals surface area contributed by atoms with Crippen LogP contribution in [0.4, 0.5) is 0 Å². The van der Waals surface area contributed by atoms with Crippen molar-refractivity contribution < 1.29 is 14.3 Å². The van der Waals surface area contributed by atoms with Crippen LogP contribution in [0.3, 0.4) is 0 Å². The minimum absolute atomic E-state index is 0.0309. The quantitative estimate of drug-likeness (QED) is 0.626. The van der Waals surface area contributed by atoms with E-state index >= 15 is 0 Å². The fourth-order valence-corrected chi connectivity index (χ4v) is 2.92. The Balaban J connectivity index is 1.70. The van der Waals surface area contributed by atoms with Crippen LogP contribution in [0.1, 0.15) is 24.0 Å². The van der Waals surface area contributed by atoms with Crippen LogP contribution < -0.4 is 14.8 Å². The summed E-state index contributed by atoms with van der Waals surface area (Å²) in [5, 5.41) is 3.98. The van der Waals surface area contributed by atoms with Crippen molar-refractivity contribution in [2.24, 2.45) is 0 Å². The summed E-state index contributed by atoms with van der Waals surface area (Å²) in [6.45, 7) is 0.633. The summed E-state index contributed by atoms with van der Waals surface area (Å²) >= 11 is 11.9. The lowest BCUT2D eigenvalue weighted by Crippen LogP contribution is -2.24. The Morgan fingerprint density at radius 1 is 0.923 bits per heavy atom. The van der Waals surface area contributed by atoms with Crippen molar-refractivity contribution in [1.29, 1.82) is 0 Å². The molecule has 2 aromatic rings. The molecule has 0 aromatic heterocycles. The molecule has 2 aromatic carbocycles. The molecule has 0 saturated carbocycles. The fourth-order valence-electron chi connectivity index (χ4n) is 2.60. The highest BCUT2D eigenvalue weighted by atomic mass is 35.5. The van der Waals surface area contributed by atoms with E-state index in [-0.39, 0.29) is 5.91 Å². The molecule has 0 aliphatic carbocycles. The Kier molecular flexibility index (Phi) is 8.07. The summed E-state index contributed by atoms with van der Waals surface area (Å²) in [6.07, 6.45) is 2.77. The number of halogens is 2. The molecule has 0 spiro atoms. The molecule has 6 heteroatoms. The highest BCUT2D eigenvalue weighted by Gasteiger charge is 2.06. The highest BCUT2D eigenvalue weighted by molar-refractivity contribution is 6.42. The lowest BCUT2D eigenvalue weighted by Gasteiger charge is -2.10. The van der Waals surface area contributed by atoms with Crippen molar-refractivity contribution in [3.63, 3.8) is 0 Å². The third-order valence-electron chi connectivity index (χ3n) is 4.04. The zero-order valence-electron chi connectivity index (χ0n) is 15.0. The van der Waals surface area contributed by atoms with Gasteiger partial charge in [-0.1, -0.05) is 35.3 Å². The Morgan fingerprint density at radius 3 is 2.31 bits per heavy atom. The lowest BCUT2D eigenvalue weighted by atomic mass is 10.1. The van der Waals surface area contributed by atoms with Crippen molar-refractivity contribution >= 4 is 29.1 Å². The van der Waals surface area contributed by atoms with Crippen molar-refractivity contribution in [2.75, 3.05) is 20.8 Å². The molecule has 1 N–H and O–H groups in total. The second kappa shape index (κ2) is 10.3. The molecule has 0 fully saturated rings. The minimum atomic E-state index is 0.0309. The summed E-state index contributed by atoms with van der Waals surface area (Å²) < 4.78 is 10.5. The van der Waals surface area contributed by atoms with Crippen LogP contribution in [-0.2, 0) is 17.6 Å². The first-order valence-corrected chi connectivity index (χ1v) is 9.20. The molecule has 0 saturated heterocycles. The van der Waals surface area contributed by atoms with E-state index in [4.69, 9.17) is 32.7 Å². The number of methoxy groups -OCH3 is 2. The number of amides is 1. The second-order valence-corrected chi connectivity index (χ2v) is 6.71. The maximum Gasteiger partial charge on any atom is 0.220 e. The van der Waals surface area contributed by atoms with Crippen LogP contribution in [0.15, 0.2) is 36.4 Å². The van der Waals surface area contributed by atoms with Crippen LogP contribution in [0.5, 0.6) is 11.5 Å². The number of hydrogen-bond donors (Lipinski definition) is 1. The van der Waals surface area contributed by atoms with E-state index in [1.165, 1.54) is 0 Å². The van der Waals surface area contributed by atoms with Crippen molar-refractivity contribution in [2.45, 2.75) is 25.7 Å². The molecule has 4 nitrogen and oxygen atoms in total. The molecular formula is C20H23Cl2NO3. The smallest absolute Gasteiger partial charge is 0.220 e. The summed E-state index contributed by atoms with van der Waals surface area (Å²) in [7, 11) is 3.24.